The largest absolute Gasteiger partial charge is 0.263 e. The summed E-state index contributed by atoms with van der Waals surface area (Å²) in [7, 11) is 0. The van der Waals surface area contributed by atoms with Crippen LogP contribution in [0.4, 0.5) is 0 Å². The smallest absolute Gasteiger partial charge is 0.0547 e. The number of rotatable bonds is 0. The maximum absolute atomic E-state index is 4.10. The quantitative estimate of drug-likeness (QED) is 0.530. The van der Waals surface area contributed by atoms with Crippen LogP contribution in [0.2, 0.25) is 0 Å². The van der Waals surface area contributed by atoms with Gasteiger partial charge in [0.25, 0.3) is 0 Å². The van der Waals surface area contributed by atoms with Crippen LogP contribution in [0.3, 0.4) is 0 Å². The first kappa shape index (κ1) is 6.57. The number of aromatic nitrogens is 1. The highest BCUT2D eigenvalue weighted by atomic mass is 32.1. The van der Waals surface area contributed by atoms with Gasteiger partial charge in [0.05, 0.1) is 9.40 Å². The summed E-state index contributed by atoms with van der Waals surface area (Å²) in [5.41, 5.74) is 0. The molecule has 3 aromatic heterocycles. The second-order valence-electron chi connectivity index (χ2n) is 2.59. The molecule has 0 bridgehead atoms. The van der Waals surface area contributed by atoms with Crippen LogP contribution in [0, 0.1) is 0 Å². The Morgan fingerprint density at radius 2 is 2.17 bits per heavy atom. The monoisotopic (exact) mass is 191 g/mol. The summed E-state index contributed by atoms with van der Waals surface area (Å²) in [4.78, 5) is 4.10. The average molecular weight is 191 g/mol. The predicted octanol–water partition coefficient (Wildman–Crippen LogP) is 3.51. The minimum absolute atomic E-state index is 1.29. The van der Waals surface area contributed by atoms with Crippen molar-refractivity contribution in [2.45, 2.75) is 0 Å². The van der Waals surface area contributed by atoms with E-state index < -0.39 is 0 Å². The second-order valence-corrected chi connectivity index (χ2v) is 4.59. The van der Waals surface area contributed by atoms with Gasteiger partial charge in [-0.2, -0.15) is 0 Å². The van der Waals surface area contributed by atoms with E-state index >= 15 is 0 Å². The maximum Gasteiger partial charge on any atom is 0.0547 e. The van der Waals surface area contributed by atoms with Crippen LogP contribution in [-0.4, -0.2) is 4.98 Å². The van der Waals surface area contributed by atoms with E-state index in [-0.39, 0.29) is 0 Å². The molecule has 3 aromatic rings. The zero-order chi connectivity index (χ0) is 7.97. The van der Waals surface area contributed by atoms with E-state index in [1.54, 1.807) is 11.3 Å². The van der Waals surface area contributed by atoms with Crippen LogP contribution < -0.4 is 0 Å². The van der Waals surface area contributed by atoms with Crippen molar-refractivity contribution in [3.63, 3.8) is 0 Å². The molecule has 0 radical (unpaired) electrons. The molecule has 0 unspecified atom stereocenters. The van der Waals surface area contributed by atoms with E-state index in [0.29, 0.717) is 0 Å². The standard InChI is InChI=1S/C9H5NS2/c1-3-10-5-8-6(1)9-7(12-8)2-4-11-9/h1-5H. The molecule has 0 saturated carbocycles. The van der Waals surface area contributed by atoms with Gasteiger partial charge in [-0.15, -0.1) is 22.7 Å². The number of hydrogen-bond acceptors (Lipinski definition) is 3. The fourth-order valence-electron chi connectivity index (χ4n) is 1.34. The molecule has 12 heavy (non-hydrogen) atoms. The molecule has 0 aliphatic heterocycles. The predicted molar refractivity (Wildman–Crippen MR) is 55.0 cm³/mol. The van der Waals surface area contributed by atoms with Gasteiger partial charge in [-0.25, -0.2) is 0 Å². The highest BCUT2D eigenvalue weighted by molar-refractivity contribution is 7.32. The van der Waals surface area contributed by atoms with Gasteiger partial charge in [0, 0.05) is 22.5 Å². The molecule has 0 saturated heterocycles. The molecule has 3 rings (SSSR count). The van der Waals surface area contributed by atoms with Crippen LogP contribution in [0.5, 0.6) is 0 Å². The third-order valence-corrected chi connectivity index (χ3v) is 4.06. The van der Waals surface area contributed by atoms with Crippen molar-refractivity contribution in [3.05, 3.63) is 29.9 Å². The Bertz CT molecular complexity index is 534. The molecular weight excluding hydrogens is 186 g/mol. The van der Waals surface area contributed by atoms with Crippen molar-refractivity contribution in [1.29, 1.82) is 0 Å². The molecule has 0 aliphatic carbocycles. The number of nitrogens with zero attached hydrogens (tertiary/aromatic N) is 1. The third-order valence-electron chi connectivity index (χ3n) is 1.88. The van der Waals surface area contributed by atoms with Gasteiger partial charge in [0.15, 0.2) is 0 Å². The van der Waals surface area contributed by atoms with Gasteiger partial charge in [-0.05, 0) is 17.5 Å². The third kappa shape index (κ3) is 0.750. The maximum atomic E-state index is 4.10. The molecule has 58 valence electrons. The Morgan fingerprint density at radius 3 is 3.17 bits per heavy atom. The van der Waals surface area contributed by atoms with E-state index in [1.165, 1.54) is 19.5 Å². The van der Waals surface area contributed by atoms with Crippen molar-refractivity contribution in [2.75, 3.05) is 0 Å². The molecule has 0 atom stereocenters. The second kappa shape index (κ2) is 2.28. The van der Waals surface area contributed by atoms with Gasteiger partial charge in [0.2, 0.25) is 0 Å². The average Bonchev–Trinajstić information content (AvgIpc) is 2.62. The zero-order valence-corrected chi connectivity index (χ0v) is 7.78. The van der Waals surface area contributed by atoms with Crippen LogP contribution in [0.25, 0.3) is 19.5 Å². The Labute approximate surface area is 77.3 Å². The van der Waals surface area contributed by atoms with Crippen LogP contribution in [-0.2, 0) is 0 Å². The van der Waals surface area contributed by atoms with Crippen LogP contribution in [0.15, 0.2) is 29.9 Å². The van der Waals surface area contributed by atoms with Gasteiger partial charge in [0.1, 0.15) is 0 Å². The van der Waals surface area contributed by atoms with Gasteiger partial charge in [-0.1, -0.05) is 0 Å². The van der Waals surface area contributed by atoms with Gasteiger partial charge < -0.3 is 0 Å². The highest BCUT2D eigenvalue weighted by Gasteiger charge is 2.03. The Balaban J connectivity index is 2.68. The summed E-state index contributed by atoms with van der Waals surface area (Å²) in [6.07, 6.45) is 3.79. The van der Waals surface area contributed by atoms with E-state index in [9.17, 15) is 0 Å². The molecule has 0 fully saturated rings. The highest BCUT2D eigenvalue weighted by Crippen LogP contribution is 2.36. The van der Waals surface area contributed by atoms with E-state index in [1.807, 2.05) is 23.7 Å². The summed E-state index contributed by atoms with van der Waals surface area (Å²) >= 11 is 3.62. The molecule has 3 heterocycles. The van der Waals surface area contributed by atoms with Gasteiger partial charge >= 0.3 is 0 Å². The van der Waals surface area contributed by atoms with E-state index in [0.717, 1.165) is 0 Å². The first-order chi connectivity index (χ1) is 5.95. The molecule has 0 amide bonds. The van der Waals surface area contributed by atoms with Crippen molar-refractivity contribution >= 4 is 42.2 Å². The molecule has 0 aromatic carbocycles. The van der Waals surface area contributed by atoms with Crippen LogP contribution >= 0.6 is 22.7 Å². The number of thiophene rings is 2. The minimum Gasteiger partial charge on any atom is -0.263 e. The van der Waals surface area contributed by atoms with Crippen molar-refractivity contribution in [3.8, 4) is 0 Å². The van der Waals surface area contributed by atoms with Crippen LogP contribution in [0.1, 0.15) is 0 Å². The van der Waals surface area contributed by atoms with E-state index in [4.69, 9.17) is 0 Å². The summed E-state index contributed by atoms with van der Waals surface area (Å²) in [6, 6.07) is 4.26. The Kier molecular flexibility index (Phi) is 1.25. The first-order valence-electron chi connectivity index (χ1n) is 3.65. The lowest BCUT2D eigenvalue weighted by Gasteiger charge is -1.84. The number of fused-ring (bicyclic) bond motifs is 3. The SMILES string of the molecule is c1cc2c(cn1)sc1ccsc12. The molecule has 0 N–H and O–H groups in total. The van der Waals surface area contributed by atoms with Crippen molar-refractivity contribution in [1.82, 2.24) is 4.98 Å². The molecule has 3 heteroatoms. The lowest BCUT2D eigenvalue weighted by molar-refractivity contribution is 1.38. The molecule has 0 spiro atoms. The summed E-state index contributed by atoms with van der Waals surface area (Å²) in [6.45, 7) is 0. The van der Waals surface area contributed by atoms with Crippen molar-refractivity contribution < 1.29 is 0 Å². The molecule has 1 nitrogen and oxygen atoms in total. The molecule has 0 aliphatic rings. The summed E-state index contributed by atoms with van der Waals surface area (Å²) < 4.78 is 4.07. The number of pyridine rings is 1. The minimum atomic E-state index is 1.29. The summed E-state index contributed by atoms with van der Waals surface area (Å²) in [5.74, 6) is 0. The molecular formula is C9H5NS2. The fraction of sp³-hybridized carbons (Fsp3) is 0. The lowest BCUT2D eigenvalue weighted by atomic mass is 10.3. The normalized spacial score (nSPS) is 11.3. The van der Waals surface area contributed by atoms with E-state index in [2.05, 4.69) is 22.5 Å². The van der Waals surface area contributed by atoms with Crippen molar-refractivity contribution in [2.24, 2.45) is 0 Å². The first-order valence-corrected chi connectivity index (χ1v) is 5.34. The summed E-state index contributed by atoms with van der Waals surface area (Å²) in [5, 5.41) is 3.49. The van der Waals surface area contributed by atoms with Gasteiger partial charge in [-0.3, -0.25) is 4.98 Å². The Morgan fingerprint density at radius 1 is 1.17 bits per heavy atom. The fourth-order valence-corrected chi connectivity index (χ4v) is 3.56. The topological polar surface area (TPSA) is 12.9 Å². The Hall–Kier alpha value is -0.930. The number of hydrogen-bond donors (Lipinski definition) is 0. The zero-order valence-electron chi connectivity index (χ0n) is 6.15. The lowest BCUT2D eigenvalue weighted by Crippen LogP contribution is -1.65.